The highest BCUT2D eigenvalue weighted by Crippen LogP contribution is 2.14. The predicted molar refractivity (Wildman–Crippen MR) is 72.7 cm³/mol. The van der Waals surface area contributed by atoms with Crippen LogP contribution in [0, 0.1) is 0 Å². The second-order valence-electron chi connectivity index (χ2n) is 3.53. The van der Waals surface area contributed by atoms with Crippen LogP contribution in [0.2, 0.25) is 0 Å². The van der Waals surface area contributed by atoms with Gasteiger partial charge < -0.3 is 20.1 Å². The number of nitrogens with one attached hydrogen (secondary N) is 3. The number of hydrazine groups is 1. The fourth-order valence-corrected chi connectivity index (χ4v) is 1.71. The zero-order chi connectivity index (χ0) is 12.8. The summed E-state index contributed by atoms with van der Waals surface area (Å²) in [5.74, 6) is 0. The third-order valence-electron chi connectivity index (χ3n) is 2.21. The van der Waals surface area contributed by atoms with Gasteiger partial charge in [-0.1, -0.05) is 18.2 Å². The minimum atomic E-state index is -2.29. The van der Waals surface area contributed by atoms with Gasteiger partial charge in [-0.15, -0.1) is 0 Å². The molecule has 0 saturated heterocycles. The van der Waals surface area contributed by atoms with Gasteiger partial charge in [0.05, 0.1) is 11.4 Å². The van der Waals surface area contributed by atoms with E-state index >= 15 is 0 Å². The van der Waals surface area contributed by atoms with Gasteiger partial charge in [0.15, 0.2) is 0 Å². The summed E-state index contributed by atoms with van der Waals surface area (Å²) in [6.45, 7) is 0. The molecular weight excluding hydrogens is 250 g/mol. The molecule has 6 heteroatoms. The van der Waals surface area contributed by atoms with E-state index in [1.54, 1.807) is 24.3 Å². The van der Waals surface area contributed by atoms with Crippen LogP contribution in [-0.4, -0.2) is 8.76 Å². The quantitative estimate of drug-likeness (QED) is 0.571. The van der Waals surface area contributed by atoms with Crippen molar-refractivity contribution >= 4 is 28.3 Å². The highest BCUT2D eigenvalue weighted by Gasteiger charge is 1.94. The Balaban J connectivity index is 1.92. The summed E-state index contributed by atoms with van der Waals surface area (Å²) in [4.78, 5) is 0. The standard InChI is InChI=1S/C12H13N3O2S/c16-18(17)15-12-8-6-11(7-9-12)14-13-10-4-2-1-3-5-10/h1-9,13-15H,(H,16,17)/p-1. The maximum atomic E-state index is 10.4. The molecule has 1 atom stereocenters. The number of benzene rings is 2. The Morgan fingerprint density at radius 3 is 1.83 bits per heavy atom. The summed E-state index contributed by atoms with van der Waals surface area (Å²) in [6.07, 6.45) is 0. The Kier molecular flexibility index (Phi) is 4.16. The second kappa shape index (κ2) is 6.04. The lowest BCUT2D eigenvalue weighted by Crippen LogP contribution is -2.08. The average Bonchev–Trinajstić information content (AvgIpc) is 2.38. The molecule has 0 bridgehead atoms. The Morgan fingerprint density at radius 2 is 1.28 bits per heavy atom. The third-order valence-corrected chi connectivity index (χ3v) is 2.61. The third kappa shape index (κ3) is 3.76. The molecule has 3 N–H and O–H groups in total. The van der Waals surface area contributed by atoms with Crippen molar-refractivity contribution in [3.63, 3.8) is 0 Å². The first-order chi connectivity index (χ1) is 8.74. The lowest BCUT2D eigenvalue weighted by atomic mass is 10.3. The summed E-state index contributed by atoms with van der Waals surface area (Å²) in [5, 5.41) is 0. The molecular formula is C12H12N3O2S-. The van der Waals surface area contributed by atoms with E-state index in [4.69, 9.17) is 0 Å². The zero-order valence-electron chi connectivity index (χ0n) is 9.42. The fraction of sp³-hybridized carbons (Fsp3) is 0. The average molecular weight is 262 g/mol. The van der Waals surface area contributed by atoms with Crippen LogP contribution in [0.15, 0.2) is 54.6 Å². The van der Waals surface area contributed by atoms with Crippen LogP contribution in [-0.2, 0) is 11.3 Å². The van der Waals surface area contributed by atoms with E-state index in [2.05, 4.69) is 15.6 Å². The molecule has 1 unspecified atom stereocenters. The summed E-state index contributed by atoms with van der Waals surface area (Å²) in [5.41, 5.74) is 8.34. The van der Waals surface area contributed by atoms with Gasteiger partial charge in [-0.25, -0.2) is 0 Å². The van der Waals surface area contributed by atoms with Gasteiger partial charge >= 0.3 is 0 Å². The molecule has 2 rings (SSSR count). The van der Waals surface area contributed by atoms with Crippen LogP contribution in [0.3, 0.4) is 0 Å². The smallest absolute Gasteiger partial charge is 0.0541 e. The van der Waals surface area contributed by atoms with Crippen molar-refractivity contribution in [2.75, 3.05) is 15.6 Å². The molecule has 5 nitrogen and oxygen atoms in total. The lowest BCUT2D eigenvalue weighted by molar-refractivity contribution is 0.542. The van der Waals surface area contributed by atoms with Crippen LogP contribution in [0.25, 0.3) is 0 Å². The molecule has 18 heavy (non-hydrogen) atoms. The van der Waals surface area contributed by atoms with E-state index in [1.807, 2.05) is 30.3 Å². The fourth-order valence-electron chi connectivity index (χ4n) is 1.38. The predicted octanol–water partition coefficient (Wildman–Crippen LogP) is 2.33. The minimum absolute atomic E-state index is 0.522. The maximum Gasteiger partial charge on any atom is 0.0541 e. The van der Waals surface area contributed by atoms with Crippen molar-refractivity contribution < 1.29 is 8.76 Å². The SMILES string of the molecule is O=S([O-])Nc1ccc(NNc2ccccc2)cc1. The van der Waals surface area contributed by atoms with Crippen molar-refractivity contribution in [3.05, 3.63) is 54.6 Å². The molecule has 0 saturated carbocycles. The van der Waals surface area contributed by atoms with Crippen molar-refractivity contribution in [2.24, 2.45) is 0 Å². The highest BCUT2D eigenvalue weighted by molar-refractivity contribution is 7.80. The largest absolute Gasteiger partial charge is 0.755 e. The second-order valence-corrected chi connectivity index (χ2v) is 4.20. The summed E-state index contributed by atoms with van der Waals surface area (Å²) in [6, 6.07) is 16.6. The van der Waals surface area contributed by atoms with Gasteiger partial charge in [0, 0.05) is 17.0 Å². The lowest BCUT2D eigenvalue weighted by Gasteiger charge is -2.11. The first kappa shape index (κ1) is 12.4. The number of para-hydroxylation sites is 1. The monoisotopic (exact) mass is 262 g/mol. The topological polar surface area (TPSA) is 76.2 Å². The van der Waals surface area contributed by atoms with E-state index in [-0.39, 0.29) is 0 Å². The first-order valence-corrected chi connectivity index (χ1v) is 6.34. The number of hydrogen-bond acceptors (Lipinski definition) is 4. The zero-order valence-corrected chi connectivity index (χ0v) is 10.2. The minimum Gasteiger partial charge on any atom is -0.755 e. The Hall–Kier alpha value is -2.05. The van der Waals surface area contributed by atoms with Gasteiger partial charge in [-0.05, 0) is 36.4 Å². The molecule has 94 valence electrons. The Morgan fingerprint density at radius 1 is 0.778 bits per heavy atom. The van der Waals surface area contributed by atoms with E-state index < -0.39 is 11.3 Å². The number of anilines is 3. The molecule has 0 aliphatic carbocycles. The molecule has 0 aliphatic rings. The van der Waals surface area contributed by atoms with E-state index in [0.717, 1.165) is 11.4 Å². The van der Waals surface area contributed by atoms with Crippen LogP contribution in [0.4, 0.5) is 17.1 Å². The van der Waals surface area contributed by atoms with Crippen molar-refractivity contribution in [3.8, 4) is 0 Å². The van der Waals surface area contributed by atoms with E-state index in [9.17, 15) is 8.76 Å². The van der Waals surface area contributed by atoms with E-state index in [1.165, 1.54) is 0 Å². The van der Waals surface area contributed by atoms with Gasteiger partial charge in [0.25, 0.3) is 0 Å². The van der Waals surface area contributed by atoms with Gasteiger partial charge in [0.2, 0.25) is 0 Å². The van der Waals surface area contributed by atoms with Crippen LogP contribution in [0.1, 0.15) is 0 Å². The van der Waals surface area contributed by atoms with Crippen molar-refractivity contribution in [2.45, 2.75) is 0 Å². The van der Waals surface area contributed by atoms with Crippen molar-refractivity contribution in [1.29, 1.82) is 0 Å². The normalized spacial score (nSPS) is 11.6. The van der Waals surface area contributed by atoms with E-state index in [0.29, 0.717) is 5.69 Å². The summed E-state index contributed by atoms with van der Waals surface area (Å²) >= 11 is -2.29. The molecule has 0 aliphatic heterocycles. The molecule has 2 aromatic rings. The highest BCUT2D eigenvalue weighted by atomic mass is 32.2. The van der Waals surface area contributed by atoms with Gasteiger partial charge in [0.1, 0.15) is 0 Å². The number of rotatable bonds is 5. The summed E-state index contributed by atoms with van der Waals surface area (Å²) in [7, 11) is 0. The Bertz CT molecular complexity index is 517. The van der Waals surface area contributed by atoms with Crippen LogP contribution < -0.4 is 15.6 Å². The molecule has 2 aromatic carbocycles. The molecule has 0 radical (unpaired) electrons. The first-order valence-electron chi connectivity index (χ1n) is 5.27. The Labute approximate surface area is 108 Å². The maximum absolute atomic E-state index is 10.4. The molecule has 0 fully saturated rings. The molecule has 0 amide bonds. The summed E-state index contributed by atoms with van der Waals surface area (Å²) < 4.78 is 23.1. The van der Waals surface area contributed by atoms with Gasteiger partial charge in [-0.3, -0.25) is 4.21 Å². The van der Waals surface area contributed by atoms with Crippen molar-refractivity contribution in [1.82, 2.24) is 0 Å². The molecule has 0 aromatic heterocycles. The molecule has 0 heterocycles. The number of hydrogen-bond donors (Lipinski definition) is 3. The molecule has 0 spiro atoms. The van der Waals surface area contributed by atoms with Crippen LogP contribution >= 0.6 is 0 Å². The van der Waals surface area contributed by atoms with Gasteiger partial charge in [-0.2, -0.15) is 0 Å². The van der Waals surface area contributed by atoms with Crippen LogP contribution in [0.5, 0.6) is 0 Å².